The van der Waals surface area contributed by atoms with E-state index >= 15 is 0 Å². The summed E-state index contributed by atoms with van der Waals surface area (Å²) in [5.41, 5.74) is 0.380. The van der Waals surface area contributed by atoms with Crippen LogP contribution in [0, 0.1) is 0 Å². The Labute approximate surface area is 87.3 Å². The quantitative estimate of drug-likeness (QED) is 0.778. The Kier molecular flexibility index (Phi) is 3.91. The van der Waals surface area contributed by atoms with Crippen molar-refractivity contribution < 1.29 is 13.6 Å². The van der Waals surface area contributed by atoms with Gasteiger partial charge in [0.15, 0.2) is 5.78 Å². The van der Waals surface area contributed by atoms with Gasteiger partial charge < -0.3 is 5.32 Å². The Morgan fingerprint density at radius 2 is 1.80 bits per heavy atom. The molecule has 0 bridgehead atoms. The van der Waals surface area contributed by atoms with Gasteiger partial charge in [0.1, 0.15) is 0 Å². The average Bonchev–Trinajstić information content (AvgIpc) is 2.27. The number of alkyl halides is 2. The number of carbonyl (C=O) groups is 1. The summed E-state index contributed by atoms with van der Waals surface area (Å²) in [6.45, 7) is 1.73. The van der Waals surface area contributed by atoms with Crippen LogP contribution in [-0.2, 0) is 0 Å². The molecule has 1 atom stereocenters. The van der Waals surface area contributed by atoms with Gasteiger partial charge in [0, 0.05) is 11.1 Å². The van der Waals surface area contributed by atoms with Crippen molar-refractivity contribution in [3.63, 3.8) is 0 Å². The van der Waals surface area contributed by atoms with E-state index in [1.165, 1.54) is 24.3 Å². The molecule has 0 heterocycles. The molecule has 82 valence electrons. The summed E-state index contributed by atoms with van der Waals surface area (Å²) in [5.74, 6) is -0.0988. The van der Waals surface area contributed by atoms with Crippen molar-refractivity contribution >= 4 is 5.78 Å². The summed E-state index contributed by atoms with van der Waals surface area (Å²) in [5, 5.41) is 2.80. The van der Waals surface area contributed by atoms with Crippen LogP contribution in [0.25, 0.3) is 0 Å². The van der Waals surface area contributed by atoms with Crippen LogP contribution in [0.1, 0.15) is 29.3 Å². The maximum Gasteiger partial charge on any atom is 0.263 e. The minimum atomic E-state index is -2.49. The van der Waals surface area contributed by atoms with Gasteiger partial charge in [-0.15, -0.1) is 0 Å². The Balaban J connectivity index is 2.84. The second-order valence-corrected chi connectivity index (χ2v) is 3.30. The highest BCUT2D eigenvalue weighted by atomic mass is 19.3. The van der Waals surface area contributed by atoms with E-state index in [1.807, 2.05) is 0 Å². The van der Waals surface area contributed by atoms with Crippen LogP contribution in [-0.4, -0.2) is 18.9 Å². The number of hydrogen-bond donors (Lipinski definition) is 1. The number of carbonyl (C=O) groups excluding carboxylic acids is 1. The molecule has 0 saturated heterocycles. The van der Waals surface area contributed by atoms with Gasteiger partial charge in [-0.05, 0) is 14.0 Å². The molecule has 0 aliphatic rings. The summed E-state index contributed by atoms with van der Waals surface area (Å²) in [4.78, 5) is 11.6. The monoisotopic (exact) mass is 213 g/mol. The van der Waals surface area contributed by atoms with Gasteiger partial charge in [0.25, 0.3) is 6.43 Å². The second-order valence-electron chi connectivity index (χ2n) is 3.30. The number of likely N-dealkylation sites (N-methyl/N-ethyl adjacent to an activating group) is 1. The third-order valence-electron chi connectivity index (χ3n) is 2.27. The Morgan fingerprint density at radius 1 is 1.27 bits per heavy atom. The smallest absolute Gasteiger partial charge is 0.263 e. The lowest BCUT2D eigenvalue weighted by molar-refractivity contribution is 0.0954. The van der Waals surface area contributed by atoms with Crippen LogP contribution in [0.3, 0.4) is 0 Å². The maximum absolute atomic E-state index is 12.2. The van der Waals surface area contributed by atoms with E-state index in [9.17, 15) is 13.6 Å². The van der Waals surface area contributed by atoms with Gasteiger partial charge in [0.05, 0.1) is 6.04 Å². The van der Waals surface area contributed by atoms with Gasteiger partial charge in [-0.25, -0.2) is 8.78 Å². The second kappa shape index (κ2) is 4.98. The predicted octanol–water partition coefficient (Wildman–Crippen LogP) is 2.41. The highest BCUT2D eigenvalue weighted by Crippen LogP contribution is 2.19. The van der Waals surface area contributed by atoms with Crippen LogP contribution in [0.4, 0.5) is 8.78 Å². The Bertz CT molecular complexity index is 335. The van der Waals surface area contributed by atoms with Crippen molar-refractivity contribution in [3.05, 3.63) is 35.4 Å². The zero-order chi connectivity index (χ0) is 11.4. The number of rotatable bonds is 4. The van der Waals surface area contributed by atoms with Crippen LogP contribution in [0.2, 0.25) is 0 Å². The van der Waals surface area contributed by atoms with Crippen molar-refractivity contribution in [2.75, 3.05) is 7.05 Å². The zero-order valence-electron chi connectivity index (χ0n) is 8.63. The fraction of sp³-hybridized carbons (Fsp3) is 0.364. The van der Waals surface area contributed by atoms with Crippen molar-refractivity contribution in [3.8, 4) is 0 Å². The fourth-order valence-electron chi connectivity index (χ4n) is 1.17. The van der Waals surface area contributed by atoms with Crippen LogP contribution in [0.15, 0.2) is 24.3 Å². The van der Waals surface area contributed by atoms with Gasteiger partial charge in [-0.3, -0.25) is 4.79 Å². The molecule has 1 rings (SSSR count). The highest BCUT2D eigenvalue weighted by Gasteiger charge is 2.13. The van der Waals surface area contributed by atoms with Crippen molar-refractivity contribution in [2.45, 2.75) is 19.4 Å². The number of benzene rings is 1. The lowest BCUT2D eigenvalue weighted by Crippen LogP contribution is -2.30. The van der Waals surface area contributed by atoms with E-state index in [2.05, 4.69) is 5.32 Å². The van der Waals surface area contributed by atoms with Crippen molar-refractivity contribution in [1.82, 2.24) is 5.32 Å². The molecule has 0 amide bonds. The van der Waals surface area contributed by atoms with Crippen LogP contribution in [0.5, 0.6) is 0 Å². The average molecular weight is 213 g/mol. The predicted molar refractivity (Wildman–Crippen MR) is 54.3 cm³/mol. The van der Waals surface area contributed by atoms with Gasteiger partial charge in [-0.2, -0.15) is 0 Å². The molecule has 0 aliphatic carbocycles. The molecule has 0 fully saturated rings. The zero-order valence-corrected chi connectivity index (χ0v) is 8.63. The van der Waals surface area contributed by atoms with Crippen molar-refractivity contribution in [1.29, 1.82) is 0 Å². The molecule has 0 radical (unpaired) electrons. The van der Waals surface area contributed by atoms with Crippen molar-refractivity contribution in [2.24, 2.45) is 0 Å². The third kappa shape index (κ3) is 2.83. The van der Waals surface area contributed by atoms with E-state index in [0.717, 1.165) is 0 Å². The summed E-state index contributed by atoms with van der Waals surface area (Å²) < 4.78 is 24.5. The summed E-state index contributed by atoms with van der Waals surface area (Å²) in [7, 11) is 1.68. The fourth-order valence-corrected chi connectivity index (χ4v) is 1.17. The first-order valence-corrected chi connectivity index (χ1v) is 4.66. The normalized spacial score (nSPS) is 12.9. The molecule has 1 unspecified atom stereocenters. The lowest BCUT2D eigenvalue weighted by Gasteiger charge is -2.09. The molecule has 0 spiro atoms. The molecule has 0 aromatic heterocycles. The first kappa shape index (κ1) is 11.8. The Hall–Kier alpha value is -1.29. The highest BCUT2D eigenvalue weighted by molar-refractivity contribution is 5.99. The molecule has 1 aromatic rings. The standard InChI is InChI=1S/C11H13F2NO/c1-7(14-2)10(15)8-3-5-9(6-4-8)11(12)13/h3-7,11,14H,1-2H3. The largest absolute Gasteiger partial charge is 0.310 e. The van der Waals surface area contributed by atoms with Gasteiger partial charge in [-0.1, -0.05) is 24.3 Å². The maximum atomic E-state index is 12.2. The third-order valence-corrected chi connectivity index (χ3v) is 2.27. The molecular formula is C11H13F2NO. The molecule has 2 nitrogen and oxygen atoms in total. The van der Waals surface area contributed by atoms with E-state index in [0.29, 0.717) is 5.56 Å². The molecule has 4 heteroatoms. The molecule has 0 saturated carbocycles. The van der Waals surface area contributed by atoms with E-state index in [4.69, 9.17) is 0 Å². The first-order valence-electron chi connectivity index (χ1n) is 4.66. The summed E-state index contributed by atoms with van der Waals surface area (Å²) >= 11 is 0. The van der Waals surface area contributed by atoms with Crippen LogP contribution >= 0.6 is 0 Å². The SMILES string of the molecule is CNC(C)C(=O)c1ccc(C(F)F)cc1. The van der Waals surface area contributed by atoms with Crippen LogP contribution < -0.4 is 5.32 Å². The topological polar surface area (TPSA) is 29.1 Å². The van der Waals surface area contributed by atoms with Gasteiger partial charge >= 0.3 is 0 Å². The molecule has 1 aromatic carbocycles. The molecular weight excluding hydrogens is 200 g/mol. The van der Waals surface area contributed by atoms with E-state index < -0.39 is 6.43 Å². The molecule has 15 heavy (non-hydrogen) atoms. The number of hydrogen-bond acceptors (Lipinski definition) is 2. The minimum Gasteiger partial charge on any atom is -0.310 e. The number of nitrogens with one attached hydrogen (secondary N) is 1. The Morgan fingerprint density at radius 3 is 2.20 bits per heavy atom. The van der Waals surface area contributed by atoms with Gasteiger partial charge in [0.2, 0.25) is 0 Å². The summed E-state index contributed by atoms with van der Waals surface area (Å²) in [6, 6.07) is 5.11. The first-order chi connectivity index (χ1) is 7.06. The number of ketones is 1. The number of Topliss-reactive ketones (excluding diaryl/α,β-unsaturated/α-hetero) is 1. The molecule has 1 N–H and O–H groups in total. The summed E-state index contributed by atoms with van der Waals surface area (Å²) in [6.07, 6.45) is -2.49. The van der Waals surface area contributed by atoms with E-state index in [-0.39, 0.29) is 17.4 Å². The van der Waals surface area contributed by atoms with E-state index in [1.54, 1.807) is 14.0 Å². The number of halogens is 2. The minimum absolute atomic E-state index is 0.0661. The molecule has 0 aliphatic heterocycles. The lowest BCUT2D eigenvalue weighted by atomic mass is 10.0.